The molecule has 15 heavy (non-hydrogen) atoms. The molecular weight excluding hydrogens is 212 g/mol. The van der Waals surface area contributed by atoms with E-state index in [1.165, 1.54) is 0 Å². The van der Waals surface area contributed by atoms with Gasteiger partial charge in [0.1, 0.15) is 16.5 Å². The van der Waals surface area contributed by atoms with Crippen molar-refractivity contribution in [2.24, 2.45) is 0 Å². The van der Waals surface area contributed by atoms with Crippen LogP contribution in [0.15, 0.2) is 12.1 Å². The second kappa shape index (κ2) is 3.03. The third-order valence-electron chi connectivity index (χ3n) is 2.50. The van der Waals surface area contributed by atoms with Gasteiger partial charge in [-0.1, -0.05) is 11.6 Å². The molecule has 0 saturated heterocycles. The third-order valence-corrected chi connectivity index (χ3v) is 2.71. The van der Waals surface area contributed by atoms with E-state index in [0.717, 1.165) is 24.2 Å². The summed E-state index contributed by atoms with van der Waals surface area (Å²) in [4.78, 5) is 12.8. The molecule has 2 N–H and O–H groups in total. The minimum absolute atomic E-state index is 0.414. The number of hydrogen-bond donors (Lipinski definition) is 1. The summed E-state index contributed by atoms with van der Waals surface area (Å²) in [6.07, 6.45) is 2.32. The number of nitrogens with two attached hydrogens (primary N) is 1. The number of fused-ring (bicyclic) bond motifs is 1. The summed E-state index contributed by atoms with van der Waals surface area (Å²) in [5.41, 5.74) is 7.18. The lowest BCUT2D eigenvalue weighted by Gasteiger charge is -2.03. The quantitative estimate of drug-likeness (QED) is 0.748. The highest BCUT2D eigenvalue weighted by molar-refractivity contribution is 6.29. The van der Waals surface area contributed by atoms with Gasteiger partial charge in [0, 0.05) is 5.92 Å². The summed E-state index contributed by atoms with van der Waals surface area (Å²) >= 11 is 5.78. The summed E-state index contributed by atoms with van der Waals surface area (Å²) in [6, 6.07) is 3.54. The first-order valence-corrected chi connectivity index (χ1v) is 5.21. The molecule has 1 aliphatic carbocycles. The Kier molecular flexibility index (Phi) is 1.79. The maximum absolute atomic E-state index is 5.82. The number of halogens is 1. The van der Waals surface area contributed by atoms with Gasteiger partial charge < -0.3 is 5.73 Å². The highest BCUT2D eigenvalue weighted by Crippen LogP contribution is 2.38. The highest BCUT2D eigenvalue weighted by atomic mass is 35.5. The molecule has 0 unspecified atom stereocenters. The second-order valence-electron chi connectivity index (χ2n) is 3.74. The topological polar surface area (TPSA) is 64.7 Å². The van der Waals surface area contributed by atoms with Gasteiger partial charge in [-0.15, -0.1) is 0 Å². The molecule has 5 heteroatoms. The zero-order valence-corrected chi connectivity index (χ0v) is 8.70. The standard InChI is InChI=1S/C10H9ClN4/c11-7-4-3-6-8(14-7)9(12)15-10(13-6)5-1-2-5/h3-5H,1-2H2,(H2,12,13,15). The maximum Gasteiger partial charge on any atom is 0.153 e. The van der Waals surface area contributed by atoms with Crippen molar-refractivity contribution in [1.29, 1.82) is 0 Å². The van der Waals surface area contributed by atoms with E-state index in [9.17, 15) is 0 Å². The van der Waals surface area contributed by atoms with Crippen LogP contribution in [-0.4, -0.2) is 15.0 Å². The van der Waals surface area contributed by atoms with Crippen LogP contribution >= 0.6 is 11.6 Å². The van der Waals surface area contributed by atoms with E-state index < -0.39 is 0 Å². The fraction of sp³-hybridized carbons (Fsp3) is 0.300. The Morgan fingerprint density at radius 3 is 2.73 bits per heavy atom. The zero-order chi connectivity index (χ0) is 10.4. The van der Waals surface area contributed by atoms with Crippen molar-refractivity contribution in [3.63, 3.8) is 0 Å². The van der Waals surface area contributed by atoms with E-state index in [0.29, 0.717) is 22.4 Å². The van der Waals surface area contributed by atoms with Crippen molar-refractivity contribution in [3.05, 3.63) is 23.1 Å². The number of pyridine rings is 1. The summed E-state index contributed by atoms with van der Waals surface area (Å²) in [6.45, 7) is 0. The molecule has 0 atom stereocenters. The van der Waals surface area contributed by atoms with Gasteiger partial charge in [-0.25, -0.2) is 15.0 Å². The lowest BCUT2D eigenvalue weighted by Crippen LogP contribution is -2.01. The first-order chi connectivity index (χ1) is 7.24. The molecule has 1 saturated carbocycles. The van der Waals surface area contributed by atoms with Crippen molar-refractivity contribution >= 4 is 28.5 Å². The van der Waals surface area contributed by atoms with Crippen LogP contribution in [0.2, 0.25) is 5.15 Å². The SMILES string of the molecule is Nc1nc(C2CC2)nc2ccc(Cl)nc12. The van der Waals surface area contributed by atoms with Crippen molar-refractivity contribution in [1.82, 2.24) is 15.0 Å². The number of nitrogen functional groups attached to an aromatic ring is 1. The monoisotopic (exact) mass is 220 g/mol. The van der Waals surface area contributed by atoms with Crippen LogP contribution in [0.1, 0.15) is 24.6 Å². The summed E-state index contributed by atoms with van der Waals surface area (Å²) in [5.74, 6) is 1.75. The van der Waals surface area contributed by atoms with Crippen molar-refractivity contribution in [2.45, 2.75) is 18.8 Å². The fourth-order valence-electron chi connectivity index (χ4n) is 1.56. The lowest BCUT2D eigenvalue weighted by molar-refractivity contribution is 0.949. The summed E-state index contributed by atoms with van der Waals surface area (Å²) in [7, 11) is 0. The Bertz CT molecular complexity index is 536. The van der Waals surface area contributed by atoms with Crippen LogP contribution in [0.5, 0.6) is 0 Å². The van der Waals surface area contributed by atoms with E-state index in [1.54, 1.807) is 6.07 Å². The Labute approximate surface area is 91.5 Å². The van der Waals surface area contributed by atoms with Gasteiger partial charge in [0.05, 0.1) is 5.52 Å². The molecule has 0 aromatic carbocycles. The van der Waals surface area contributed by atoms with Crippen LogP contribution < -0.4 is 5.73 Å². The molecule has 0 amide bonds. The number of nitrogens with zero attached hydrogens (tertiary/aromatic N) is 3. The van der Waals surface area contributed by atoms with Crippen LogP contribution in [0.25, 0.3) is 11.0 Å². The molecule has 0 aliphatic heterocycles. The van der Waals surface area contributed by atoms with Gasteiger partial charge >= 0.3 is 0 Å². The molecule has 0 radical (unpaired) electrons. The Morgan fingerprint density at radius 2 is 2.00 bits per heavy atom. The van der Waals surface area contributed by atoms with Crippen molar-refractivity contribution < 1.29 is 0 Å². The molecule has 2 heterocycles. The van der Waals surface area contributed by atoms with Gasteiger partial charge in [0.2, 0.25) is 0 Å². The zero-order valence-electron chi connectivity index (χ0n) is 7.94. The molecule has 1 aliphatic rings. The smallest absolute Gasteiger partial charge is 0.153 e. The van der Waals surface area contributed by atoms with Gasteiger partial charge in [-0.2, -0.15) is 0 Å². The lowest BCUT2D eigenvalue weighted by atomic mass is 10.3. The molecule has 0 bridgehead atoms. The first kappa shape index (κ1) is 8.85. The fourth-order valence-corrected chi connectivity index (χ4v) is 1.70. The van der Waals surface area contributed by atoms with E-state index in [4.69, 9.17) is 17.3 Å². The Morgan fingerprint density at radius 1 is 1.20 bits per heavy atom. The van der Waals surface area contributed by atoms with Crippen molar-refractivity contribution in [2.75, 3.05) is 5.73 Å². The number of hydrogen-bond acceptors (Lipinski definition) is 4. The minimum atomic E-state index is 0.414. The predicted molar refractivity (Wildman–Crippen MR) is 58.7 cm³/mol. The second-order valence-corrected chi connectivity index (χ2v) is 4.13. The molecule has 2 aromatic rings. The van der Waals surface area contributed by atoms with Crippen molar-refractivity contribution in [3.8, 4) is 0 Å². The average Bonchev–Trinajstić information content (AvgIpc) is 3.02. The molecular formula is C10H9ClN4. The Balaban J connectivity index is 2.26. The van der Waals surface area contributed by atoms with Crippen LogP contribution in [0.3, 0.4) is 0 Å². The largest absolute Gasteiger partial charge is 0.382 e. The number of aromatic nitrogens is 3. The van der Waals surface area contributed by atoms with E-state index >= 15 is 0 Å². The molecule has 76 valence electrons. The summed E-state index contributed by atoms with van der Waals surface area (Å²) < 4.78 is 0. The van der Waals surface area contributed by atoms with E-state index in [1.807, 2.05) is 6.07 Å². The van der Waals surface area contributed by atoms with Gasteiger partial charge in [-0.05, 0) is 25.0 Å². The molecule has 0 spiro atoms. The number of anilines is 1. The summed E-state index contributed by atoms with van der Waals surface area (Å²) in [5, 5.41) is 0.414. The van der Waals surface area contributed by atoms with Crippen LogP contribution in [0, 0.1) is 0 Å². The minimum Gasteiger partial charge on any atom is -0.382 e. The maximum atomic E-state index is 5.82. The van der Waals surface area contributed by atoms with E-state index in [2.05, 4.69) is 15.0 Å². The van der Waals surface area contributed by atoms with Gasteiger partial charge in [-0.3, -0.25) is 0 Å². The Hall–Kier alpha value is -1.42. The third kappa shape index (κ3) is 1.51. The highest BCUT2D eigenvalue weighted by Gasteiger charge is 2.27. The average molecular weight is 221 g/mol. The first-order valence-electron chi connectivity index (χ1n) is 4.84. The number of rotatable bonds is 1. The van der Waals surface area contributed by atoms with E-state index in [-0.39, 0.29) is 0 Å². The van der Waals surface area contributed by atoms with Gasteiger partial charge in [0.15, 0.2) is 5.82 Å². The molecule has 4 nitrogen and oxygen atoms in total. The van der Waals surface area contributed by atoms with Crippen LogP contribution in [0.4, 0.5) is 5.82 Å². The van der Waals surface area contributed by atoms with Gasteiger partial charge in [0.25, 0.3) is 0 Å². The normalized spacial score (nSPS) is 15.8. The predicted octanol–water partition coefficient (Wildman–Crippen LogP) is 2.14. The van der Waals surface area contributed by atoms with Crippen LogP contribution in [-0.2, 0) is 0 Å². The molecule has 2 aromatic heterocycles. The molecule has 1 fully saturated rings. The molecule has 3 rings (SSSR count).